The number of aromatic amines is 1. The number of carbonyl (C=O) groups excluding carboxylic acids is 1. The van der Waals surface area contributed by atoms with Gasteiger partial charge >= 0.3 is 0 Å². The molecule has 80 valence electrons. The largest absolute Gasteiger partial charge is 0.367 e. The van der Waals surface area contributed by atoms with Crippen molar-refractivity contribution in [2.75, 3.05) is 6.54 Å². The van der Waals surface area contributed by atoms with E-state index >= 15 is 0 Å². The molecule has 1 aromatic heterocycles. The van der Waals surface area contributed by atoms with E-state index in [2.05, 4.69) is 4.98 Å². The maximum Gasteiger partial charge on any atom is 0.259 e. The summed E-state index contributed by atoms with van der Waals surface area (Å²) < 4.78 is 0. The molecule has 1 unspecified atom stereocenters. The van der Waals surface area contributed by atoms with Crippen molar-refractivity contribution in [2.45, 2.75) is 25.8 Å². The molecule has 1 aliphatic rings. The molecule has 2 heterocycles. The van der Waals surface area contributed by atoms with Crippen molar-refractivity contribution in [3.05, 3.63) is 34.2 Å². The summed E-state index contributed by atoms with van der Waals surface area (Å²) >= 11 is 0. The normalized spacial score (nSPS) is 20.6. The zero-order chi connectivity index (χ0) is 10.8. The van der Waals surface area contributed by atoms with Crippen LogP contribution in [0, 0.1) is 0 Å². The Hall–Kier alpha value is -1.58. The summed E-state index contributed by atoms with van der Waals surface area (Å²) in [7, 11) is 0. The molecule has 1 aromatic rings. The Morgan fingerprint density at radius 2 is 2.40 bits per heavy atom. The first-order valence-electron chi connectivity index (χ1n) is 5.18. The van der Waals surface area contributed by atoms with E-state index in [1.54, 1.807) is 4.90 Å². The predicted molar refractivity (Wildman–Crippen MR) is 56.8 cm³/mol. The summed E-state index contributed by atoms with van der Waals surface area (Å²) in [6.07, 6.45) is 5.07. The van der Waals surface area contributed by atoms with Gasteiger partial charge in [-0.3, -0.25) is 9.59 Å². The molecule has 4 heteroatoms. The van der Waals surface area contributed by atoms with Crippen molar-refractivity contribution in [3.63, 3.8) is 0 Å². The van der Waals surface area contributed by atoms with Gasteiger partial charge in [0, 0.05) is 31.0 Å². The van der Waals surface area contributed by atoms with Gasteiger partial charge in [-0.1, -0.05) is 0 Å². The molecule has 0 bridgehead atoms. The van der Waals surface area contributed by atoms with Crippen LogP contribution in [-0.2, 0) is 0 Å². The van der Waals surface area contributed by atoms with Crippen LogP contribution in [0.2, 0.25) is 0 Å². The molecule has 4 nitrogen and oxygen atoms in total. The summed E-state index contributed by atoms with van der Waals surface area (Å²) in [5, 5.41) is 0. The second kappa shape index (κ2) is 3.88. The second-order valence-electron chi connectivity index (χ2n) is 3.91. The Kier molecular flexibility index (Phi) is 2.58. The number of nitrogens with one attached hydrogen (secondary N) is 1. The van der Waals surface area contributed by atoms with Gasteiger partial charge in [-0.2, -0.15) is 0 Å². The van der Waals surface area contributed by atoms with Crippen LogP contribution in [-0.4, -0.2) is 28.4 Å². The lowest BCUT2D eigenvalue weighted by Gasteiger charge is -2.20. The average molecular weight is 206 g/mol. The summed E-state index contributed by atoms with van der Waals surface area (Å²) in [6.45, 7) is 2.77. The van der Waals surface area contributed by atoms with Crippen LogP contribution < -0.4 is 5.43 Å². The zero-order valence-corrected chi connectivity index (χ0v) is 8.69. The van der Waals surface area contributed by atoms with Crippen LogP contribution in [0.25, 0.3) is 0 Å². The fourth-order valence-electron chi connectivity index (χ4n) is 1.97. The van der Waals surface area contributed by atoms with Crippen molar-refractivity contribution >= 4 is 5.91 Å². The third-order valence-electron chi connectivity index (χ3n) is 2.87. The first kappa shape index (κ1) is 9.96. The van der Waals surface area contributed by atoms with E-state index in [1.807, 2.05) is 6.92 Å². The van der Waals surface area contributed by atoms with Crippen molar-refractivity contribution in [3.8, 4) is 0 Å². The number of pyridine rings is 1. The molecule has 15 heavy (non-hydrogen) atoms. The van der Waals surface area contributed by atoms with E-state index < -0.39 is 0 Å². The number of nitrogens with zero attached hydrogens (tertiary/aromatic N) is 1. The van der Waals surface area contributed by atoms with Gasteiger partial charge < -0.3 is 9.88 Å². The molecule has 0 spiro atoms. The number of H-pyrrole nitrogens is 1. The molecule has 1 amide bonds. The molecular weight excluding hydrogens is 192 g/mol. The smallest absolute Gasteiger partial charge is 0.259 e. The van der Waals surface area contributed by atoms with Crippen molar-refractivity contribution in [1.29, 1.82) is 0 Å². The van der Waals surface area contributed by atoms with Gasteiger partial charge in [0.1, 0.15) is 5.56 Å². The SMILES string of the molecule is CC1CCCN1C(=O)c1c[nH]ccc1=O. The zero-order valence-electron chi connectivity index (χ0n) is 8.69. The topological polar surface area (TPSA) is 53.2 Å². The van der Waals surface area contributed by atoms with Crippen molar-refractivity contribution in [2.24, 2.45) is 0 Å². The number of hydrogen-bond donors (Lipinski definition) is 1. The summed E-state index contributed by atoms with van der Waals surface area (Å²) in [5.74, 6) is -0.151. The molecule has 1 atom stereocenters. The predicted octanol–water partition coefficient (Wildman–Crippen LogP) is 0.999. The van der Waals surface area contributed by atoms with Gasteiger partial charge in [0.25, 0.3) is 5.91 Å². The van der Waals surface area contributed by atoms with Crippen LogP contribution in [0.5, 0.6) is 0 Å². The molecule has 1 N–H and O–H groups in total. The molecular formula is C11H14N2O2. The highest BCUT2D eigenvalue weighted by atomic mass is 16.2. The minimum absolute atomic E-state index is 0.151. The number of likely N-dealkylation sites (tertiary alicyclic amines) is 1. The van der Waals surface area contributed by atoms with E-state index in [9.17, 15) is 9.59 Å². The van der Waals surface area contributed by atoms with E-state index in [4.69, 9.17) is 0 Å². The van der Waals surface area contributed by atoms with Crippen LogP contribution in [0.3, 0.4) is 0 Å². The minimum atomic E-state index is -0.210. The Bertz CT molecular complexity index is 425. The fraction of sp³-hybridized carbons (Fsp3) is 0.455. The van der Waals surface area contributed by atoms with E-state index in [0.717, 1.165) is 19.4 Å². The number of amides is 1. The molecule has 0 aromatic carbocycles. The van der Waals surface area contributed by atoms with E-state index in [1.165, 1.54) is 18.5 Å². The maximum atomic E-state index is 12.0. The number of carbonyl (C=O) groups is 1. The lowest BCUT2D eigenvalue weighted by atomic mass is 10.2. The minimum Gasteiger partial charge on any atom is -0.367 e. The Labute approximate surface area is 87.9 Å². The molecule has 0 aliphatic carbocycles. The van der Waals surface area contributed by atoms with Gasteiger partial charge in [0.2, 0.25) is 0 Å². The van der Waals surface area contributed by atoms with Crippen LogP contribution in [0.4, 0.5) is 0 Å². The third kappa shape index (κ3) is 1.79. The summed E-state index contributed by atoms with van der Waals surface area (Å²) in [4.78, 5) is 28.0. The van der Waals surface area contributed by atoms with Gasteiger partial charge in [-0.05, 0) is 19.8 Å². The van der Waals surface area contributed by atoms with Gasteiger partial charge in [-0.15, -0.1) is 0 Å². The Morgan fingerprint density at radius 3 is 3.00 bits per heavy atom. The molecule has 1 fully saturated rings. The van der Waals surface area contributed by atoms with Crippen LogP contribution in [0.15, 0.2) is 23.3 Å². The second-order valence-corrected chi connectivity index (χ2v) is 3.91. The maximum absolute atomic E-state index is 12.0. The molecule has 0 radical (unpaired) electrons. The highest BCUT2D eigenvalue weighted by Gasteiger charge is 2.27. The first-order chi connectivity index (χ1) is 7.20. The van der Waals surface area contributed by atoms with Gasteiger partial charge in [0.15, 0.2) is 5.43 Å². The van der Waals surface area contributed by atoms with Crippen molar-refractivity contribution < 1.29 is 4.79 Å². The summed E-state index contributed by atoms with van der Waals surface area (Å²) in [6, 6.07) is 1.63. The highest BCUT2D eigenvalue weighted by molar-refractivity contribution is 5.94. The van der Waals surface area contributed by atoms with E-state index in [-0.39, 0.29) is 22.9 Å². The third-order valence-corrected chi connectivity index (χ3v) is 2.87. The van der Waals surface area contributed by atoms with E-state index in [0.29, 0.717) is 0 Å². The quantitative estimate of drug-likeness (QED) is 0.745. The van der Waals surface area contributed by atoms with Gasteiger partial charge in [0.05, 0.1) is 0 Å². The monoisotopic (exact) mass is 206 g/mol. The standard InChI is InChI=1S/C11H14N2O2/c1-8-3-2-6-13(8)11(15)9-7-12-5-4-10(9)14/h4-5,7-8H,2-3,6H2,1H3,(H,12,14). The summed E-state index contributed by atoms with van der Waals surface area (Å²) in [5.41, 5.74) is 0.0316. The van der Waals surface area contributed by atoms with Crippen LogP contribution >= 0.6 is 0 Å². The lowest BCUT2D eigenvalue weighted by Crippen LogP contribution is -2.36. The Balaban J connectivity index is 2.28. The van der Waals surface area contributed by atoms with Crippen LogP contribution in [0.1, 0.15) is 30.1 Å². The Morgan fingerprint density at radius 1 is 1.60 bits per heavy atom. The number of hydrogen-bond acceptors (Lipinski definition) is 2. The van der Waals surface area contributed by atoms with Crippen molar-refractivity contribution in [1.82, 2.24) is 9.88 Å². The molecule has 0 saturated carbocycles. The number of rotatable bonds is 1. The fourth-order valence-corrected chi connectivity index (χ4v) is 1.97. The lowest BCUT2D eigenvalue weighted by molar-refractivity contribution is 0.0746. The first-order valence-corrected chi connectivity index (χ1v) is 5.18. The molecule has 2 rings (SSSR count). The highest BCUT2D eigenvalue weighted by Crippen LogP contribution is 2.17. The molecule has 1 saturated heterocycles. The average Bonchev–Trinajstić information content (AvgIpc) is 2.64. The number of aromatic nitrogens is 1. The molecule has 1 aliphatic heterocycles. The van der Waals surface area contributed by atoms with Gasteiger partial charge in [-0.25, -0.2) is 0 Å².